The van der Waals surface area contributed by atoms with Gasteiger partial charge in [-0.25, -0.2) is 15.0 Å². The highest BCUT2D eigenvalue weighted by Gasteiger charge is 2.11. The largest absolute Gasteiger partial charge is 0.355 e. The van der Waals surface area contributed by atoms with E-state index >= 15 is 0 Å². The molecule has 0 bridgehead atoms. The molecule has 3 aromatic rings. The number of hydrogen-bond donors (Lipinski definition) is 0. The second-order valence-corrected chi connectivity index (χ2v) is 6.24. The van der Waals surface area contributed by atoms with Crippen molar-refractivity contribution >= 4 is 39.0 Å². The number of hydrogen-bond acceptors (Lipinski definition) is 5. The van der Waals surface area contributed by atoms with Crippen LogP contribution in [0.3, 0.4) is 0 Å². The van der Waals surface area contributed by atoms with Crippen molar-refractivity contribution in [2.45, 2.75) is 13.5 Å². The average molecular weight is 305 g/mol. The number of pyridine rings is 1. The zero-order chi connectivity index (χ0) is 14.1. The van der Waals surface area contributed by atoms with Gasteiger partial charge in [0.05, 0.1) is 5.39 Å². The molecule has 0 amide bonds. The first-order valence-electron chi connectivity index (χ1n) is 6.16. The third-order valence-electron chi connectivity index (χ3n) is 3.00. The maximum absolute atomic E-state index is 5.80. The molecule has 0 aliphatic heterocycles. The fourth-order valence-electron chi connectivity index (χ4n) is 2.12. The zero-order valence-electron chi connectivity index (χ0n) is 11.2. The molecule has 0 fully saturated rings. The number of nitrogens with zero attached hydrogens (tertiary/aromatic N) is 4. The van der Waals surface area contributed by atoms with E-state index < -0.39 is 0 Å². The van der Waals surface area contributed by atoms with E-state index in [4.69, 9.17) is 11.6 Å². The number of thiophene rings is 1. The second-order valence-electron chi connectivity index (χ2n) is 4.62. The van der Waals surface area contributed by atoms with E-state index in [1.807, 2.05) is 13.1 Å². The van der Waals surface area contributed by atoms with Crippen LogP contribution in [-0.2, 0) is 6.54 Å². The van der Waals surface area contributed by atoms with Gasteiger partial charge in [-0.15, -0.1) is 11.3 Å². The molecule has 0 aliphatic carbocycles. The molecule has 6 heteroatoms. The third-order valence-corrected chi connectivity index (χ3v) is 4.18. The van der Waals surface area contributed by atoms with Gasteiger partial charge in [0.2, 0.25) is 0 Å². The summed E-state index contributed by atoms with van der Waals surface area (Å²) in [5.74, 6) is 0.939. The molecular formula is C14H13ClN4S. The van der Waals surface area contributed by atoms with E-state index in [0.717, 1.165) is 28.1 Å². The molecule has 0 unspecified atom stereocenters. The first kappa shape index (κ1) is 13.3. The van der Waals surface area contributed by atoms with Crippen LogP contribution >= 0.6 is 22.9 Å². The van der Waals surface area contributed by atoms with Crippen molar-refractivity contribution < 1.29 is 0 Å². The molecule has 0 radical (unpaired) electrons. The van der Waals surface area contributed by atoms with Crippen molar-refractivity contribution in [1.82, 2.24) is 15.0 Å². The van der Waals surface area contributed by atoms with Crippen molar-refractivity contribution in [1.29, 1.82) is 0 Å². The van der Waals surface area contributed by atoms with E-state index in [2.05, 4.69) is 32.8 Å². The van der Waals surface area contributed by atoms with Crippen LogP contribution < -0.4 is 4.90 Å². The van der Waals surface area contributed by atoms with E-state index in [0.29, 0.717) is 5.15 Å². The van der Waals surface area contributed by atoms with Crippen molar-refractivity contribution in [3.8, 4) is 0 Å². The highest BCUT2D eigenvalue weighted by Crippen LogP contribution is 2.29. The Bertz CT molecular complexity index is 739. The fourth-order valence-corrected chi connectivity index (χ4v) is 3.07. The molecule has 0 aromatic carbocycles. The van der Waals surface area contributed by atoms with Crippen molar-refractivity contribution in [3.05, 3.63) is 46.3 Å². The molecule has 3 heterocycles. The minimum absolute atomic E-state index is 0.509. The molecule has 0 saturated carbocycles. The summed E-state index contributed by atoms with van der Waals surface area (Å²) >= 11 is 7.49. The SMILES string of the molecule is Cc1cc2c(N(C)Cc3ccc(Cl)nc3)ncnc2s1. The molecular weight excluding hydrogens is 292 g/mol. The number of aryl methyl sites for hydroxylation is 1. The highest BCUT2D eigenvalue weighted by atomic mass is 35.5. The van der Waals surface area contributed by atoms with Gasteiger partial charge in [-0.2, -0.15) is 0 Å². The van der Waals surface area contributed by atoms with Gasteiger partial charge in [-0.05, 0) is 24.6 Å². The second kappa shape index (κ2) is 5.34. The summed E-state index contributed by atoms with van der Waals surface area (Å²) in [6.07, 6.45) is 3.40. The molecule has 0 atom stereocenters. The summed E-state index contributed by atoms with van der Waals surface area (Å²) in [5, 5.41) is 1.61. The van der Waals surface area contributed by atoms with Gasteiger partial charge in [-0.1, -0.05) is 17.7 Å². The van der Waals surface area contributed by atoms with Gasteiger partial charge < -0.3 is 4.90 Å². The zero-order valence-corrected chi connectivity index (χ0v) is 12.7. The van der Waals surface area contributed by atoms with Crippen LogP contribution in [-0.4, -0.2) is 22.0 Å². The number of fused-ring (bicyclic) bond motifs is 1. The maximum Gasteiger partial charge on any atom is 0.140 e. The number of rotatable bonds is 3. The van der Waals surface area contributed by atoms with Gasteiger partial charge in [-0.3, -0.25) is 0 Å². The normalized spacial score (nSPS) is 10.9. The predicted molar refractivity (Wildman–Crippen MR) is 83.5 cm³/mol. The summed E-state index contributed by atoms with van der Waals surface area (Å²) in [5.41, 5.74) is 1.09. The Labute approximate surface area is 126 Å². The van der Waals surface area contributed by atoms with Crippen LogP contribution in [0.2, 0.25) is 5.15 Å². The topological polar surface area (TPSA) is 41.9 Å². The third kappa shape index (κ3) is 2.59. The minimum atomic E-state index is 0.509. The molecule has 20 heavy (non-hydrogen) atoms. The quantitative estimate of drug-likeness (QED) is 0.692. The Hall–Kier alpha value is -1.72. The summed E-state index contributed by atoms with van der Waals surface area (Å²) in [6, 6.07) is 5.91. The van der Waals surface area contributed by atoms with E-state index in [-0.39, 0.29) is 0 Å². The fraction of sp³-hybridized carbons (Fsp3) is 0.214. The van der Waals surface area contributed by atoms with Gasteiger partial charge in [0.25, 0.3) is 0 Å². The van der Waals surface area contributed by atoms with Crippen LogP contribution in [0, 0.1) is 6.92 Å². The summed E-state index contributed by atoms with van der Waals surface area (Å²) in [7, 11) is 2.02. The molecule has 0 aliphatic rings. The molecule has 0 saturated heterocycles. The van der Waals surface area contributed by atoms with Gasteiger partial charge in [0.1, 0.15) is 22.1 Å². The van der Waals surface area contributed by atoms with Crippen LogP contribution in [0.1, 0.15) is 10.4 Å². The lowest BCUT2D eigenvalue weighted by atomic mass is 10.2. The number of halogens is 1. The molecule has 4 nitrogen and oxygen atoms in total. The summed E-state index contributed by atoms with van der Waals surface area (Å²) < 4.78 is 0. The van der Waals surface area contributed by atoms with Crippen LogP contribution in [0.5, 0.6) is 0 Å². The molecule has 0 spiro atoms. The Morgan fingerprint density at radius 1 is 1.25 bits per heavy atom. The van der Waals surface area contributed by atoms with E-state index in [1.165, 1.54) is 4.88 Å². The van der Waals surface area contributed by atoms with E-state index in [1.54, 1.807) is 29.9 Å². The van der Waals surface area contributed by atoms with Crippen molar-refractivity contribution in [2.24, 2.45) is 0 Å². The lowest BCUT2D eigenvalue weighted by molar-refractivity contribution is 0.894. The minimum Gasteiger partial charge on any atom is -0.355 e. The van der Waals surface area contributed by atoms with Gasteiger partial charge in [0.15, 0.2) is 0 Å². The van der Waals surface area contributed by atoms with Gasteiger partial charge >= 0.3 is 0 Å². The smallest absolute Gasteiger partial charge is 0.140 e. The number of anilines is 1. The lowest BCUT2D eigenvalue weighted by Gasteiger charge is -2.18. The first-order chi connectivity index (χ1) is 9.63. The lowest BCUT2D eigenvalue weighted by Crippen LogP contribution is -2.18. The van der Waals surface area contributed by atoms with Crippen LogP contribution in [0.4, 0.5) is 5.82 Å². The average Bonchev–Trinajstić information content (AvgIpc) is 2.81. The Morgan fingerprint density at radius 3 is 2.85 bits per heavy atom. The molecule has 3 rings (SSSR count). The van der Waals surface area contributed by atoms with Crippen molar-refractivity contribution in [2.75, 3.05) is 11.9 Å². The molecule has 3 aromatic heterocycles. The van der Waals surface area contributed by atoms with E-state index in [9.17, 15) is 0 Å². The van der Waals surface area contributed by atoms with Gasteiger partial charge in [0, 0.05) is 24.7 Å². The maximum atomic E-state index is 5.80. The van der Waals surface area contributed by atoms with Crippen LogP contribution in [0.25, 0.3) is 10.2 Å². The highest BCUT2D eigenvalue weighted by molar-refractivity contribution is 7.18. The van der Waals surface area contributed by atoms with Crippen molar-refractivity contribution in [3.63, 3.8) is 0 Å². The number of aromatic nitrogens is 3. The summed E-state index contributed by atoms with van der Waals surface area (Å²) in [4.78, 5) is 17.2. The molecule has 102 valence electrons. The first-order valence-corrected chi connectivity index (χ1v) is 7.35. The Kier molecular flexibility index (Phi) is 3.54. The van der Waals surface area contributed by atoms with Crippen LogP contribution in [0.15, 0.2) is 30.7 Å². The molecule has 0 N–H and O–H groups in total. The standard InChI is InChI=1S/C14H13ClN4S/c1-9-5-11-13(17-8-18-14(11)20-9)19(2)7-10-3-4-12(15)16-6-10/h3-6,8H,7H2,1-2H3. The predicted octanol–water partition coefficient (Wildman–Crippen LogP) is 3.68. The Morgan fingerprint density at radius 2 is 2.10 bits per heavy atom. The monoisotopic (exact) mass is 304 g/mol. The Balaban J connectivity index is 1.92. The summed E-state index contributed by atoms with van der Waals surface area (Å²) in [6.45, 7) is 2.81.